The molecule has 1 saturated carbocycles. The molecule has 4 rings (SSSR count). The van der Waals surface area contributed by atoms with Crippen molar-refractivity contribution in [3.63, 3.8) is 0 Å². The largest absolute Gasteiger partial charge is 0.338 e. The van der Waals surface area contributed by atoms with Gasteiger partial charge >= 0.3 is 0 Å². The van der Waals surface area contributed by atoms with Gasteiger partial charge in [-0.15, -0.1) is 0 Å². The van der Waals surface area contributed by atoms with Crippen molar-refractivity contribution in [3.8, 4) is 0 Å². The summed E-state index contributed by atoms with van der Waals surface area (Å²) in [7, 11) is -0.788. The van der Waals surface area contributed by atoms with Crippen molar-refractivity contribution in [1.82, 2.24) is 4.90 Å². The van der Waals surface area contributed by atoms with E-state index in [1.165, 1.54) is 17.5 Å². The van der Waals surface area contributed by atoms with Crippen LogP contribution in [-0.2, 0) is 27.4 Å². The molecule has 1 heterocycles. The topological polar surface area (TPSA) is 37.4 Å². The highest BCUT2D eigenvalue weighted by Crippen LogP contribution is 2.61. The summed E-state index contributed by atoms with van der Waals surface area (Å²) >= 11 is 0. The maximum Gasteiger partial charge on any atom is 0.226 e. The lowest BCUT2D eigenvalue weighted by Gasteiger charge is -2.38. The van der Waals surface area contributed by atoms with Crippen LogP contribution in [0.2, 0.25) is 0 Å². The van der Waals surface area contributed by atoms with Gasteiger partial charge in [-0.3, -0.25) is 9.00 Å². The molecule has 23 heavy (non-hydrogen) atoms. The summed E-state index contributed by atoms with van der Waals surface area (Å²) in [6, 6.07) is 8.78. The smallest absolute Gasteiger partial charge is 0.226 e. The van der Waals surface area contributed by atoms with E-state index in [9.17, 15) is 9.00 Å². The number of carbonyl (C=O) groups excluding carboxylic acids is 1. The summed E-state index contributed by atoms with van der Waals surface area (Å²) in [6.07, 6.45) is 4.49. The van der Waals surface area contributed by atoms with Gasteiger partial charge in [-0.2, -0.15) is 0 Å². The van der Waals surface area contributed by atoms with Gasteiger partial charge in [-0.05, 0) is 50.7 Å². The van der Waals surface area contributed by atoms with E-state index in [2.05, 4.69) is 31.2 Å². The zero-order valence-electron chi connectivity index (χ0n) is 14.0. The predicted molar refractivity (Wildman–Crippen MR) is 92.8 cm³/mol. The van der Waals surface area contributed by atoms with Crippen LogP contribution in [0.5, 0.6) is 0 Å². The lowest BCUT2D eigenvalue weighted by atomic mass is 9.78. The molecule has 3 aliphatic rings. The summed E-state index contributed by atoms with van der Waals surface area (Å²) in [5.74, 6) is 1.08. The standard InChI is InChI=1S/C19H25NO2S/c1-13-14(2)23(22)11-10-20(13)18(21)17-12-19(17)9-5-7-15-6-3-4-8-16(15)19/h3-4,6,8,13-14,17H,5,7,9-12H2,1-2H3/t13-,14+,17-,19-,23+/m1/s1. The Hall–Kier alpha value is -1.16. The molecule has 0 unspecified atom stereocenters. The van der Waals surface area contributed by atoms with Gasteiger partial charge in [0.2, 0.25) is 5.91 Å². The van der Waals surface area contributed by atoms with Gasteiger partial charge in [0.25, 0.3) is 0 Å². The molecule has 1 aromatic rings. The van der Waals surface area contributed by atoms with Crippen LogP contribution in [0.25, 0.3) is 0 Å². The first-order valence-corrected chi connectivity index (χ1v) is 10.2. The van der Waals surface area contributed by atoms with Crippen LogP contribution in [-0.4, -0.2) is 38.6 Å². The van der Waals surface area contributed by atoms with E-state index in [1.54, 1.807) is 0 Å². The minimum Gasteiger partial charge on any atom is -0.338 e. The third-order valence-electron chi connectivity index (χ3n) is 6.40. The van der Waals surface area contributed by atoms with Crippen molar-refractivity contribution < 1.29 is 9.00 Å². The molecule has 1 aromatic carbocycles. The minimum absolute atomic E-state index is 0.0843. The zero-order chi connectivity index (χ0) is 16.2. The first kappa shape index (κ1) is 15.4. The summed E-state index contributed by atoms with van der Waals surface area (Å²) in [5, 5.41) is 0.0843. The Bertz CT molecular complexity index is 673. The van der Waals surface area contributed by atoms with E-state index in [4.69, 9.17) is 0 Å². The van der Waals surface area contributed by atoms with E-state index < -0.39 is 10.8 Å². The fourth-order valence-electron chi connectivity index (χ4n) is 4.72. The monoisotopic (exact) mass is 331 g/mol. The summed E-state index contributed by atoms with van der Waals surface area (Å²) in [5.41, 5.74) is 2.96. The second kappa shape index (κ2) is 5.44. The number of rotatable bonds is 1. The molecule has 5 atom stereocenters. The minimum atomic E-state index is -0.788. The highest BCUT2D eigenvalue weighted by molar-refractivity contribution is 7.85. The molecule has 3 nitrogen and oxygen atoms in total. The second-order valence-corrected chi connectivity index (χ2v) is 9.40. The third-order valence-corrected chi connectivity index (χ3v) is 8.21. The van der Waals surface area contributed by atoms with Crippen LogP contribution in [0.15, 0.2) is 24.3 Å². The fraction of sp³-hybridized carbons (Fsp3) is 0.632. The summed E-state index contributed by atoms with van der Waals surface area (Å²) < 4.78 is 12.0. The Morgan fingerprint density at radius 1 is 1.30 bits per heavy atom. The van der Waals surface area contributed by atoms with Crippen LogP contribution in [0, 0.1) is 5.92 Å². The van der Waals surface area contributed by atoms with E-state index in [0.717, 1.165) is 19.3 Å². The Labute approximate surface area is 140 Å². The number of hydrogen-bond donors (Lipinski definition) is 0. The van der Waals surface area contributed by atoms with Gasteiger partial charge in [0.05, 0.1) is 5.25 Å². The van der Waals surface area contributed by atoms with Crippen molar-refractivity contribution >= 4 is 16.7 Å². The van der Waals surface area contributed by atoms with Crippen molar-refractivity contribution in [2.75, 3.05) is 12.3 Å². The van der Waals surface area contributed by atoms with Crippen molar-refractivity contribution in [1.29, 1.82) is 0 Å². The van der Waals surface area contributed by atoms with Crippen LogP contribution in [0.3, 0.4) is 0 Å². The van der Waals surface area contributed by atoms with Gasteiger partial charge in [0.15, 0.2) is 0 Å². The van der Waals surface area contributed by atoms with Gasteiger partial charge < -0.3 is 4.90 Å². The van der Waals surface area contributed by atoms with Crippen molar-refractivity contribution in [3.05, 3.63) is 35.4 Å². The fourth-order valence-corrected chi connectivity index (χ4v) is 6.05. The summed E-state index contributed by atoms with van der Waals surface area (Å²) in [6.45, 7) is 4.73. The van der Waals surface area contributed by atoms with E-state index >= 15 is 0 Å². The highest BCUT2D eigenvalue weighted by Gasteiger charge is 2.61. The Kier molecular flexibility index (Phi) is 3.63. The molecule has 1 amide bonds. The molecule has 1 saturated heterocycles. The molecule has 0 bridgehead atoms. The van der Waals surface area contributed by atoms with E-state index in [1.807, 2.05) is 11.8 Å². The van der Waals surface area contributed by atoms with Crippen molar-refractivity contribution in [2.45, 2.75) is 56.2 Å². The maximum atomic E-state index is 13.1. The first-order chi connectivity index (χ1) is 11.0. The molecule has 1 spiro atoms. The number of hydrogen-bond acceptors (Lipinski definition) is 2. The van der Waals surface area contributed by atoms with E-state index in [0.29, 0.717) is 18.2 Å². The lowest BCUT2D eigenvalue weighted by molar-refractivity contribution is -0.135. The molecule has 0 aromatic heterocycles. The van der Waals surface area contributed by atoms with Crippen LogP contribution >= 0.6 is 0 Å². The number of amides is 1. The number of aryl methyl sites for hydroxylation is 1. The number of nitrogens with zero attached hydrogens (tertiary/aromatic N) is 1. The molecule has 4 heteroatoms. The normalized spacial score (nSPS) is 39.1. The van der Waals surface area contributed by atoms with Gasteiger partial charge in [0, 0.05) is 40.5 Å². The van der Waals surface area contributed by atoms with Crippen LogP contribution in [0.1, 0.15) is 44.2 Å². The molecular weight excluding hydrogens is 306 g/mol. The summed E-state index contributed by atoms with van der Waals surface area (Å²) in [4.78, 5) is 15.1. The molecule has 0 radical (unpaired) electrons. The molecule has 2 fully saturated rings. The Balaban J connectivity index is 1.58. The van der Waals surface area contributed by atoms with Gasteiger partial charge in [-0.1, -0.05) is 24.3 Å². The van der Waals surface area contributed by atoms with Gasteiger partial charge in [0.1, 0.15) is 0 Å². The molecule has 0 N–H and O–H groups in total. The van der Waals surface area contributed by atoms with Crippen molar-refractivity contribution in [2.24, 2.45) is 5.92 Å². The number of carbonyl (C=O) groups is 1. The highest BCUT2D eigenvalue weighted by atomic mass is 32.2. The number of fused-ring (bicyclic) bond motifs is 2. The molecule has 2 aliphatic carbocycles. The molecule has 1 aliphatic heterocycles. The van der Waals surface area contributed by atoms with Crippen LogP contribution in [0.4, 0.5) is 0 Å². The SMILES string of the molecule is C[C@@H]1[C@H](C)[S@@](=O)CCN1C(=O)[C@H]1C[C@@]12CCCc1ccccc12. The van der Waals surface area contributed by atoms with Gasteiger partial charge in [-0.25, -0.2) is 0 Å². The number of benzene rings is 1. The maximum absolute atomic E-state index is 13.1. The second-order valence-electron chi connectivity index (χ2n) is 7.49. The zero-order valence-corrected chi connectivity index (χ0v) is 14.8. The lowest BCUT2D eigenvalue weighted by Crippen LogP contribution is -2.53. The van der Waals surface area contributed by atoms with Crippen LogP contribution < -0.4 is 0 Å². The molecular formula is C19H25NO2S. The quantitative estimate of drug-likeness (QED) is 0.793. The average Bonchev–Trinajstić information content (AvgIpc) is 3.27. The van der Waals surface area contributed by atoms with E-state index in [-0.39, 0.29) is 22.6 Å². The first-order valence-electron chi connectivity index (χ1n) is 8.80. The predicted octanol–water partition coefficient (Wildman–Crippen LogP) is 2.65. The Morgan fingerprint density at radius 3 is 2.91 bits per heavy atom. The Morgan fingerprint density at radius 2 is 2.09 bits per heavy atom. The third kappa shape index (κ3) is 2.29. The average molecular weight is 331 g/mol. The molecule has 124 valence electrons.